The van der Waals surface area contributed by atoms with E-state index in [1.807, 2.05) is 26.0 Å². The van der Waals surface area contributed by atoms with Crippen LogP contribution in [0.3, 0.4) is 0 Å². The van der Waals surface area contributed by atoms with Crippen LogP contribution in [0.25, 0.3) is 0 Å². The molecule has 2 N–H and O–H groups in total. The minimum absolute atomic E-state index is 0.00409. The standard InChI is InChI=1S/C21H27NO5/c1-13-4-5-14(2)16(10-13)17(12-27-20(24)25)18-11-19(23)22-21(18)8-6-15(26-3)7-9-21/h4-5,10-11,15,17H,6-9,12H2,1-3H3,(H,22,23)(H,24,25). The van der Waals surface area contributed by atoms with E-state index in [-0.39, 0.29) is 24.5 Å². The summed E-state index contributed by atoms with van der Waals surface area (Å²) >= 11 is 0. The molecule has 1 fully saturated rings. The summed E-state index contributed by atoms with van der Waals surface area (Å²) in [4.78, 5) is 23.4. The first kappa shape index (κ1) is 19.4. The van der Waals surface area contributed by atoms with Gasteiger partial charge in [0.15, 0.2) is 0 Å². The van der Waals surface area contributed by atoms with Gasteiger partial charge in [-0.1, -0.05) is 23.8 Å². The Kier molecular flexibility index (Phi) is 5.56. The fourth-order valence-electron chi connectivity index (χ4n) is 4.43. The Hall–Kier alpha value is -2.34. The number of hydrogen-bond donors (Lipinski definition) is 2. The van der Waals surface area contributed by atoms with Crippen LogP contribution in [0, 0.1) is 13.8 Å². The summed E-state index contributed by atoms with van der Waals surface area (Å²) in [7, 11) is 1.71. The molecule has 0 saturated heterocycles. The molecule has 0 aromatic heterocycles. The summed E-state index contributed by atoms with van der Waals surface area (Å²) in [5, 5.41) is 12.2. The van der Waals surface area contributed by atoms with Gasteiger partial charge in [0.1, 0.15) is 6.61 Å². The third-order valence-corrected chi connectivity index (χ3v) is 5.88. The predicted molar refractivity (Wildman–Crippen MR) is 101 cm³/mol. The Balaban J connectivity index is 1.99. The van der Waals surface area contributed by atoms with Gasteiger partial charge in [-0.25, -0.2) is 4.79 Å². The summed E-state index contributed by atoms with van der Waals surface area (Å²) in [6.45, 7) is 4.00. The highest BCUT2D eigenvalue weighted by atomic mass is 16.7. The first-order valence-corrected chi connectivity index (χ1v) is 9.34. The molecule has 1 aromatic rings. The largest absolute Gasteiger partial charge is 0.505 e. The molecule has 1 saturated carbocycles. The molecule has 27 heavy (non-hydrogen) atoms. The topological polar surface area (TPSA) is 84.9 Å². The lowest BCUT2D eigenvalue weighted by atomic mass is 9.70. The van der Waals surface area contributed by atoms with Crippen LogP contribution in [-0.2, 0) is 14.3 Å². The third kappa shape index (κ3) is 4.00. The van der Waals surface area contributed by atoms with Crippen LogP contribution in [0.1, 0.15) is 48.3 Å². The Morgan fingerprint density at radius 3 is 2.67 bits per heavy atom. The molecule has 1 amide bonds. The minimum atomic E-state index is -1.31. The van der Waals surface area contributed by atoms with E-state index in [0.29, 0.717) is 0 Å². The fourth-order valence-corrected chi connectivity index (χ4v) is 4.43. The van der Waals surface area contributed by atoms with Gasteiger partial charge in [0, 0.05) is 19.1 Å². The Morgan fingerprint density at radius 1 is 1.33 bits per heavy atom. The first-order valence-electron chi connectivity index (χ1n) is 9.34. The molecule has 1 heterocycles. The van der Waals surface area contributed by atoms with E-state index in [0.717, 1.165) is 47.9 Å². The summed E-state index contributed by atoms with van der Waals surface area (Å²) in [5.41, 5.74) is 3.63. The van der Waals surface area contributed by atoms with Gasteiger partial charge in [-0.2, -0.15) is 0 Å². The molecule has 3 rings (SSSR count). The maximum absolute atomic E-state index is 12.3. The second-order valence-corrected chi connectivity index (χ2v) is 7.60. The molecule has 6 nitrogen and oxygen atoms in total. The number of carboxylic acid groups (broad SMARTS) is 1. The highest BCUT2D eigenvalue weighted by Crippen LogP contribution is 2.45. The average Bonchev–Trinajstić information content (AvgIpc) is 2.94. The molecule has 1 aliphatic carbocycles. The fraction of sp³-hybridized carbons (Fsp3) is 0.524. The van der Waals surface area contributed by atoms with E-state index in [4.69, 9.17) is 14.6 Å². The number of methoxy groups -OCH3 is 1. The SMILES string of the molecule is COC1CCC2(CC1)NC(=O)C=C2C(COC(=O)O)c1cc(C)ccc1C. The zero-order valence-electron chi connectivity index (χ0n) is 16.1. The smallest absolute Gasteiger partial charge is 0.450 e. The van der Waals surface area contributed by atoms with Crippen LogP contribution in [0.4, 0.5) is 4.79 Å². The van der Waals surface area contributed by atoms with Crippen LogP contribution in [0.15, 0.2) is 29.8 Å². The van der Waals surface area contributed by atoms with Crippen molar-refractivity contribution in [1.82, 2.24) is 5.32 Å². The number of amides is 1. The predicted octanol–water partition coefficient (Wildman–Crippen LogP) is 3.47. The number of benzene rings is 1. The lowest BCUT2D eigenvalue weighted by molar-refractivity contribution is -0.117. The van der Waals surface area contributed by atoms with Crippen LogP contribution in [0.5, 0.6) is 0 Å². The molecule has 1 aromatic carbocycles. The molecule has 1 unspecified atom stereocenters. The zero-order chi connectivity index (χ0) is 19.6. The number of carbonyl (C=O) groups is 2. The number of nitrogens with one attached hydrogen (secondary N) is 1. The number of hydrogen-bond acceptors (Lipinski definition) is 4. The van der Waals surface area contributed by atoms with Gasteiger partial charge in [0.05, 0.1) is 11.6 Å². The molecular formula is C21H27NO5. The lowest BCUT2D eigenvalue weighted by Gasteiger charge is -2.41. The lowest BCUT2D eigenvalue weighted by Crippen LogP contribution is -2.49. The van der Waals surface area contributed by atoms with Crippen LogP contribution in [-0.4, -0.2) is 42.5 Å². The highest BCUT2D eigenvalue weighted by molar-refractivity contribution is 5.93. The first-order chi connectivity index (χ1) is 12.8. The van der Waals surface area contributed by atoms with E-state index in [1.165, 1.54) is 0 Å². The van der Waals surface area contributed by atoms with Crippen molar-refractivity contribution in [3.05, 3.63) is 46.5 Å². The summed E-state index contributed by atoms with van der Waals surface area (Å²) in [6, 6.07) is 6.11. The molecular weight excluding hydrogens is 346 g/mol. The van der Waals surface area contributed by atoms with Crippen molar-refractivity contribution in [1.29, 1.82) is 0 Å². The molecule has 1 atom stereocenters. The van der Waals surface area contributed by atoms with Crippen molar-refractivity contribution in [3.63, 3.8) is 0 Å². The quantitative estimate of drug-likeness (QED) is 0.772. The Morgan fingerprint density at radius 2 is 2.04 bits per heavy atom. The van der Waals surface area contributed by atoms with E-state index in [1.54, 1.807) is 13.2 Å². The van der Waals surface area contributed by atoms with Crippen molar-refractivity contribution in [2.75, 3.05) is 13.7 Å². The van der Waals surface area contributed by atoms with Crippen LogP contribution in [0.2, 0.25) is 0 Å². The van der Waals surface area contributed by atoms with Gasteiger partial charge in [-0.15, -0.1) is 0 Å². The highest BCUT2D eigenvalue weighted by Gasteiger charge is 2.46. The van der Waals surface area contributed by atoms with Gasteiger partial charge < -0.3 is 19.9 Å². The van der Waals surface area contributed by atoms with Gasteiger partial charge in [-0.3, -0.25) is 4.79 Å². The molecule has 1 spiro atoms. The van der Waals surface area contributed by atoms with Crippen molar-refractivity contribution < 1.29 is 24.2 Å². The molecule has 146 valence electrons. The van der Waals surface area contributed by atoms with Crippen LogP contribution >= 0.6 is 0 Å². The number of carbonyl (C=O) groups excluding carboxylic acids is 1. The van der Waals surface area contributed by atoms with E-state index >= 15 is 0 Å². The van der Waals surface area contributed by atoms with Crippen molar-refractivity contribution in [3.8, 4) is 0 Å². The number of ether oxygens (including phenoxy) is 2. The minimum Gasteiger partial charge on any atom is -0.450 e. The molecule has 0 radical (unpaired) electrons. The van der Waals surface area contributed by atoms with Crippen molar-refractivity contribution in [2.24, 2.45) is 0 Å². The molecule has 2 aliphatic rings. The maximum Gasteiger partial charge on any atom is 0.505 e. The second kappa shape index (κ2) is 7.72. The van der Waals surface area contributed by atoms with Gasteiger partial charge in [-0.05, 0) is 56.2 Å². The Bertz CT molecular complexity index is 762. The van der Waals surface area contributed by atoms with E-state index in [2.05, 4.69) is 11.4 Å². The normalized spacial score (nSPS) is 25.8. The van der Waals surface area contributed by atoms with E-state index in [9.17, 15) is 9.59 Å². The molecule has 6 heteroatoms. The van der Waals surface area contributed by atoms with Crippen molar-refractivity contribution >= 4 is 12.1 Å². The maximum atomic E-state index is 12.3. The third-order valence-electron chi connectivity index (χ3n) is 5.88. The monoisotopic (exact) mass is 373 g/mol. The summed E-state index contributed by atoms with van der Waals surface area (Å²) in [6.07, 6.45) is 3.80. The van der Waals surface area contributed by atoms with Crippen LogP contribution < -0.4 is 5.32 Å². The van der Waals surface area contributed by atoms with Gasteiger partial charge >= 0.3 is 6.16 Å². The Labute approximate surface area is 159 Å². The average molecular weight is 373 g/mol. The number of aryl methyl sites for hydroxylation is 2. The van der Waals surface area contributed by atoms with Gasteiger partial charge in [0.25, 0.3) is 0 Å². The molecule has 0 bridgehead atoms. The zero-order valence-corrected chi connectivity index (χ0v) is 16.1. The summed E-state index contributed by atoms with van der Waals surface area (Å²) in [5.74, 6) is -0.412. The van der Waals surface area contributed by atoms with E-state index < -0.39 is 11.7 Å². The van der Waals surface area contributed by atoms with Crippen molar-refractivity contribution in [2.45, 2.75) is 57.1 Å². The number of rotatable bonds is 5. The summed E-state index contributed by atoms with van der Waals surface area (Å²) < 4.78 is 10.5. The second-order valence-electron chi connectivity index (χ2n) is 7.60. The van der Waals surface area contributed by atoms with Gasteiger partial charge in [0.2, 0.25) is 5.91 Å². The molecule has 1 aliphatic heterocycles.